The summed E-state index contributed by atoms with van der Waals surface area (Å²) in [5.74, 6) is 0.626. The number of anilines is 1. The zero-order valence-corrected chi connectivity index (χ0v) is 10.2. The van der Waals surface area contributed by atoms with Gasteiger partial charge in [-0.2, -0.15) is 0 Å². The topological polar surface area (TPSA) is 42.2 Å². The monoisotopic (exact) mass is 219 g/mol. The first-order valence-corrected chi connectivity index (χ1v) is 6.18. The highest BCUT2D eigenvalue weighted by Crippen LogP contribution is 2.33. The summed E-state index contributed by atoms with van der Waals surface area (Å²) in [5.41, 5.74) is 8.33. The molecular weight excluding hydrogens is 198 g/mol. The molecule has 1 aliphatic heterocycles. The summed E-state index contributed by atoms with van der Waals surface area (Å²) in [6, 6.07) is 2.55. The molecule has 1 aromatic rings. The van der Waals surface area contributed by atoms with Gasteiger partial charge >= 0.3 is 0 Å². The number of rotatable bonds is 3. The van der Waals surface area contributed by atoms with Gasteiger partial charge in [0, 0.05) is 12.2 Å². The van der Waals surface area contributed by atoms with Crippen LogP contribution in [0.2, 0.25) is 0 Å². The fraction of sp³-hybridized carbons (Fsp3) is 0.615. The molecule has 3 nitrogen and oxygen atoms in total. The van der Waals surface area contributed by atoms with Gasteiger partial charge in [0.15, 0.2) is 0 Å². The minimum Gasteiger partial charge on any atom is -0.384 e. The van der Waals surface area contributed by atoms with Gasteiger partial charge < -0.3 is 5.73 Å². The van der Waals surface area contributed by atoms with Crippen molar-refractivity contribution in [1.82, 2.24) is 9.88 Å². The Labute approximate surface area is 97.7 Å². The van der Waals surface area contributed by atoms with E-state index in [0.29, 0.717) is 11.9 Å². The number of aryl methyl sites for hydroxylation is 1. The van der Waals surface area contributed by atoms with Crippen molar-refractivity contribution in [3.05, 3.63) is 23.4 Å². The Balaban J connectivity index is 2.22. The van der Waals surface area contributed by atoms with Crippen LogP contribution in [0.25, 0.3) is 0 Å². The lowest BCUT2D eigenvalue weighted by Crippen LogP contribution is -2.24. The third-order valence-electron chi connectivity index (χ3n) is 3.41. The van der Waals surface area contributed by atoms with Crippen LogP contribution in [0.1, 0.15) is 43.4 Å². The molecule has 2 rings (SSSR count). The Morgan fingerprint density at radius 3 is 3.06 bits per heavy atom. The number of aromatic nitrogens is 1. The predicted octanol–water partition coefficient (Wildman–Crippen LogP) is 2.52. The molecule has 0 radical (unpaired) electrons. The van der Waals surface area contributed by atoms with Crippen LogP contribution in [0.4, 0.5) is 5.82 Å². The van der Waals surface area contributed by atoms with Crippen LogP contribution in [0.5, 0.6) is 0 Å². The summed E-state index contributed by atoms with van der Waals surface area (Å²) in [7, 11) is 0. The Morgan fingerprint density at radius 2 is 2.38 bits per heavy atom. The summed E-state index contributed by atoms with van der Waals surface area (Å²) in [6.07, 6.45) is 5.74. The second kappa shape index (κ2) is 4.83. The van der Waals surface area contributed by atoms with Crippen LogP contribution in [-0.2, 0) is 0 Å². The summed E-state index contributed by atoms with van der Waals surface area (Å²) in [4.78, 5) is 6.80. The number of hydrogen-bond acceptors (Lipinski definition) is 3. The van der Waals surface area contributed by atoms with E-state index >= 15 is 0 Å². The van der Waals surface area contributed by atoms with Crippen LogP contribution in [0.15, 0.2) is 12.3 Å². The second-order valence-electron chi connectivity index (χ2n) is 4.66. The third kappa shape index (κ3) is 2.19. The summed E-state index contributed by atoms with van der Waals surface area (Å²) >= 11 is 0. The molecule has 0 saturated carbocycles. The van der Waals surface area contributed by atoms with E-state index in [1.807, 2.05) is 12.3 Å². The van der Waals surface area contributed by atoms with E-state index in [1.54, 1.807) is 0 Å². The van der Waals surface area contributed by atoms with Crippen LogP contribution in [0.3, 0.4) is 0 Å². The standard InChI is InChI=1S/C13H21N3/c1-3-6-16-7-4-5-12(16)11-9-15-13(14)8-10(11)2/h8-9,12H,3-7H2,1-2H3,(H2,14,15)/t12-/m0/s1. The summed E-state index contributed by atoms with van der Waals surface area (Å²) < 4.78 is 0. The Hall–Kier alpha value is -1.09. The molecule has 16 heavy (non-hydrogen) atoms. The minimum atomic E-state index is 0.563. The molecule has 88 valence electrons. The van der Waals surface area contributed by atoms with Gasteiger partial charge in [-0.05, 0) is 56.5 Å². The number of hydrogen-bond donors (Lipinski definition) is 1. The Morgan fingerprint density at radius 1 is 1.56 bits per heavy atom. The van der Waals surface area contributed by atoms with Gasteiger partial charge in [0.1, 0.15) is 5.82 Å². The van der Waals surface area contributed by atoms with Gasteiger partial charge in [0.25, 0.3) is 0 Å². The number of likely N-dealkylation sites (tertiary alicyclic amines) is 1. The van der Waals surface area contributed by atoms with E-state index in [2.05, 4.69) is 23.7 Å². The highest BCUT2D eigenvalue weighted by atomic mass is 15.2. The first-order chi connectivity index (χ1) is 7.72. The first kappa shape index (κ1) is 11.4. The first-order valence-electron chi connectivity index (χ1n) is 6.18. The van der Waals surface area contributed by atoms with Gasteiger partial charge in [-0.3, -0.25) is 4.90 Å². The van der Waals surface area contributed by atoms with E-state index in [-0.39, 0.29) is 0 Å². The maximum atomic E-state index is 5.69. The van der Waals surface area contributed by atoms with Crippen molar-refractivity contribution in [2.75, 3.05) is 18.8 Å². The van der Waals surface area contributed by atoms with Crippen LogP contribution < -0.4 is 5.73 Å². The summed E-state index contributed by atoms with van der Waals surface area (Å²) in [6.45, 7) is 6.79. The van der Waals surface area contributed by atoms with Crippen molar-refractivity contribution in [2.45, 2.75) is 39.2 Å². The van der Waals surface area contributed by atoms with Crippen molar-refractivity contribution < 1.29 is 0 Å². The molecule has 1 aliphatic rings. The Kier molecular flexibility index (Phi) is 3.44. The lowest BCUT2D eigenvalue weighted by molar-refractivity contribution is 0.257. The number of nitrogens with two attached hydrogens (primary N) is 1. The molecule has 3 heteroatoms. The van der Waals surface area contributed by atoms with Crippen molar-refractivity contribution in [3.8, 4) is 0 Å². The number of nitrogen functional groups attached to an aromatic ring is 1. The van der Waals surface area contributed by atoms with Crippen molar-refractivity contribution >= 4 is 5.82 Å². The smallest absolute Gasteiger partial charge is 0.123 e. The average Bonchev–Trinajstić information content (AvgIpc) is 2.67. The summed E-state index contributed by atoms with van der Waals surface area (Å²) in [5, 5.41) is 0. The molecule has 1 atom stereocenters. The van der Waals surface area contributed by atoms with Crippen molar-refractivity contribution in [2.24, 2.45) is 0 Å². The average molecular weight is 219 g/mol. The van der Waals surface area contributed by atoms with Gasteiger partial charge in [0.05, 0.1) is 0 Å². The molecule has 2 heterocycles. The lowest BCUT2D eigenvalue weighted by atomic mass is 10.0. The van der Waals surface area contributed by atoms with E-state index in [4.69, 9.17) is 5.73 Å². The van der Waals surface area contributed by atoms with Gasteiger partial charge in [-0.1, -0.05) is 6.92 Å². The van der Waals surface area contributed by atoms with E-state index < -0.39 is 0 Å². The molecule has 0 unspecified atom stereocenters. The molecule has 0 spiro atoms. The van der Waals surface area contributed by atoms with Crippen LogP contribution >= 0.6 is 0 Å². The molecule has 0 bridgehead atoms. The van der Waals surface area contributed by atoms with Gasteiger partial charge in [-0.25, -0.2) is 4.98 Å². The normalized spacial score (nSPS) is 21.5. The van der Waals surface area contributed by atoms with E-state index in [0.717, 1.165) is 0 Å². The molecule has 0 amide bonds. The Bertz CT molecular complexity index is 362. The molecule has 0 aliphatic carbocycles. The number of nitrogens with zero attached hydrogens (tertiary/aromatic N) is 2. The minimum absolute atomic E-state index is 0.563. The fourth-order valence-electron chi connectivity index (χ4n) is 2.67. The molecule has 1 saturated heterocycles. The maximum absolute atomic E-state index is 5.69. The highest BCUT2D eigenvalue weighted by Gasteiger charge is 2.26. The zero-order valence-electron chi connectivity index (χ0n) is 10.2. The predicted molar refractivity (Wildman–Crippen MR) is 67.2 cm³/mol. The second-order valence-corrected chi connectivity index (χ2v) is 4.66. The molecule has 0 aromatic carbocycles. The maximum Gasteiger partial charge on any atom is 0.123 e. The lowest BCUT2D eigenvalue weighted by Gasteiger charge is -2.25. The number of pyridine rings is 1. The third-order valence-corrected chi connectivity index (χ3v) is 3.41. The van der Waals surface area contributed by atoms with E-state index in [9.17, 15) is 0 Å². The molecule has 2 N–H and O–H groups in total. The molecular formula is C13H21N3. The quantitative estimate of drug-likeness (QED) is 0.849. The van der Waals surface area contributed by atoms with Gasteiger partial charge in [-0.15, -0.1) is 0 Å². The van der Waals surface area contributed by atoms with Crippen molar-refractivity contribution in [3.63, 3.8) is 0 Å². The molecule has 1 fully saturated rings. The highest BCUT2D eigenvalue weighted by molar-refractivity contribution is 5.37. The van der Waals surface area contributed by atoms with Gasteiger partial charge in [0.2, 0.25) is 0 Å². The van der Waals surface area contributed by atoms with E-state index in [1.165, 1.54) is 43.5 Å². The molecule has 1 aromatic heterocycles. The zero-order chi connectivity index (χ0) is 11.5. The SMILES string of the molecule is CCCN1CCC[C@H]1c1cnc(N)cc1C. The van der Waals surface area contributed by atoms with Crippen molar-refractivity contribution in [1.29, 1.82) is 0 Å². The fourth-order valence-corrected chi connectivity index (χ4v) is 2.67. The largest absolute Gasteiger partial charge is 0.384 e. The van der Waals surface area contributed by atoms with Crippen LogP contribution in [0, 0.1) is 6.92 Å². The van der Waals surface area contributed by atoms with Crippen LogP contribution in [-0.4, -0.2) is 23.0 Å².